The maximum atomic E-state index is 11.9. The topological polar surface area (TPSA) is 46.3 Å². The molecule has 114 valence electrons. The van der Waals surface area contributed by atoms with Gasteiger partial charge in [0.1, 0.15) is 0 Å². The Hall–Kier alpha value is -2.13. The third-order valence-electron chi connectivity index (χ3n) is 4.47. The van der Waals surface area contributed by atoms with Crippen LogP contribution >= 0.6 is 0 Å². The Balaban J connectivity index is 1.98. The number of amides is 1. The minimum absolute atomic E-state index is 0.119. The van der Waals surface area contributed by atoms with E-state index < -0.39 is 0 Å². The van der Waals surface area contributed by atoms with Crippen molar-refractivity contribution in [3.05, 3.63) is 53.6 Å². The van der Waals surface area contributed by atoms with Gasteiger partial charge in [-0.1, -0.05) is 30.3 Å². The van der Waals surface area contributed by atoms with Crippen LogP contribution in [0.4, 0.5) is 5.69 Å². The molecule has 3 heteroatoms. The summed E-state index contributed by atoms with van der Waals surface area (Å²) in [5, 5.41) is 0. The Labute approximate surface area is 131 Å². The number of anilines is 1. The fourth-order valence-corrected chi connectivity index (χ4v) is 3.24. The van der Waals surface area contributed by atoms with E-state index in [9.17, 15) is 4.79 Å². The van der Waals surface area contributed by atoms with E-state index in [1.54, 1.807) is 6.92 Å². The molecule has 0 aromatic heterocycles. The van der Waals surface area contributed by atoms with Gasteiger partial charge in [0.25, 0.3) is 0 Å². The Morgan fingerprint density at radius 2 is 1.86 bits per heavy atom. The molecule has 1 atom stereocenters. The molecule has 0 saturated carbocycles. The van der Waals surface area contributed by atoms with Crippen LogP contribution in [0.15, 0.2) is 42.5 Å². The van der Waals surface area contributed by atoms with E-state index in [2.05, 4.69) is 49.4 Å². The fourth-order valence-electron chi connectivity index (χ4n) is 3.24. The zero-order valence-electron chi connectivity index (χ0n) is 13.2. The van der Waals surface area contributed by atoms with Gasteiger partial charge in [0.05, 0.1) is 0 Å². The average Bonchev–Trinajstić information content (AvgIpc) is 2.54. The lowest BCUT2D eigenvalue weighted by Crippen LogP contribution is -2.40. The highest BCUT2D eigenvalue weighted by Gasteiger charge is 2.26. The number of nitrogens with two attached hydrogens (primary N) is 1. The summed E-state index contributed by atoms with van der Waals surface area (Å²) in [6, 6.07) is 15.0. The highest BCUT2D eigenvalue weighted by molar-refractivity contribution is 5.94. The molecule has 0 radical (unpaired) electrons. The number of hydrogen-bond acceptors (Lipinski definition) is 2. The van der Waals surface area contributed by atoms with Gasteiger partial charge in [-0.25, -0.2) is 0 Å². The smallest absolute Gasteiger partial charge is 0.224 e. The molecule has 0 aliphatic carbocycles. The number of hydrogen-bond donors (Lipinski definition) is 1. The summed E-state index contributed by atoms with van der Waals surface area (Å²) < 4.78 is 0. The highest BCUT2D eigenvalue weighted by atomic mass is 16.2. The third kappa shape index (κ3) is 2.64. The summed E-state index contributed by atoms with van der Waals surface area (Å²) in [4.78, 5) is 13.8. The van der Waals surface area contributed by atoms with Crippen molar-refractivity contribution in [1.82, 2.24) is 0 Å². The van der Waals surface area contributed by atoms with Gasteiger partial charge < -0.3 is 10.6 Å². The van der Waals surface area contributed by atoms with Crippen molar-refractivity contribution in [2.75, 3.05) is 4.90 Å². The largest absolute Gasteiger partial charge is 0.326 e. The second-order valence-corrected chi connectivity index (χ2v) is 6.02. The minimum atomic E-state index is 0.119. The molecule has 1 amide bonds. The van der Waals surface area contributed by atoms with Gasteiger partial charge >= 0.3 is 0 Å². The molecule has 0 spiro atoms. The van der Waals surface area contributed by atoms with Crippen molar-refractivity contribution in [1.29, 1.82) is 0 Å². The molecular formula is C19H22N2O. The lowest BCUT2D eigenvalue weighted by molar-refractivity contribution is -0.117. The summed E-state index contributed by atoms with van der Waals surface area (Å²) >= 11 is 0. The quantitative estimate of drug-likeness (QED) is 0.921. The molecule has 3 rings (SSSR count). The van der Waals surface area contributed by atoms with Crippen LogP contribution in [0.5, 0.6) is 0 Å². The lowest BCUT2D eigenvalue weighted by atomic mass is 9.93. The van der Waals surface area contributed by atoms with Gasteiger partial charge in [-0.2, -0.15) is 0 Å². The van der Waals surface area contributed by atoms with E-state index >= 15 is 0 Å². The zero-order chi connectivity index (χ0) is 15.7. The van der Waals surface area contributed by atoms with Crippen LogP contribution < -0.4 is 10.6 Å². The van der Waals surface area contributed by atoms with Crippen LogP contribution in [0.25, 0.3) is 11.1 Å². The van der Waals surface area contributed by atoms with Crippen LogP contribution in [0, 0.1) is 0 Å². The first kappa shape index (κ1) is 14.8. The van der Waals surface area contributed by atoms with Crippen molar-refractivity contribution in [3.8, 4) is 11.1 Å². The molecule has 0 bridgehead atoms. The van der Waals surface area contributed by atoms with Crippen molar-refractivity contribution >= 4 is 11.6 Å². The van der Waals surface area contributed by atoms with Gasteiger partial charge in [-0.05, 0) is 54.2 Å². The number of nitrogens with zero attached hydrogens (tertiary/aromatic N) is 1. The van der Waals surface area contributed by atoms with Gasteiger partial charge in [-0.3, -0.25) is 4.79 Å². The molecule has 1 heterocycles. The Bertz CT molecular complexity index is 691. The maximum absolute atomic E-state index is 11.9. The number of fused-ring (bicyclic) bond motifs is 1. The number of carbonyl (C=O) groups excluding carboxylic acids is 1. The van der Waals surface area contributed by atoms with Crippen LogP contribution in [-0.4, -0.2) is 11.9 Å². The SMILES string of the molecule is CC(=O)N1c2ccc(-c3ccc(CN)cc3)cc2CCC1C. The van der Waals surface area contributed by atoms with Crippen LogP contribution in [0.3, 0.4) is 0 Å². The van der Waals surface area contributed by atoms with E-state index in [0.717, 1.165) is 24.1 Å². The summed E-state index contributed by atoms with van der Waals surface area (Å²) in [6.45, 7) is 4.32. The second-order valence-electron chi connectivity index (χ2n) is 6.02. The van der Waals surface area contributed by atoms with Gasteiger partial charge in [-0.15, -0.1) is 0 Å². The molecule has 0 saturated heterocycles. The van der Waals surface area contributed by atoms with Crippen molar-refractivity contribution in [2.45, 2.75) is 39.3 Å². The maximum Gasteiger partial charge on any atom is 0.224 e. The predicted molar refractivity (Wildman–Crippen MR) is 90.7 cm³/mol. The molecule has 1 aliphatic heterocycles. The third-order valence-corrected chi connectivity index (χ3v) is 4.47. The lowest BCUT2D eigenvalue weighted by Gasteiger charge is -2.34. The molecule has 3 nitrogen and oxygen atoms in total. The van der Waals surface area contributed by atoms with E-state index in [1.807, 2.05) is 4.90 Å². The number of carbonyl (C=O) groups is 1. The van der Waals surface area contributed by atoms with Crippen molar-refractivity contribution < 1.29 is 4.79 Å². The minimum Gasteiger partial charge on any atom is -0.326 e. The molecule has 0 fully saturated rings. The molecule has 1 unspecified atom stereocenters. The van der Waals surface area contributed by atoms with Gasteiger partial charge in [0, 0.05) is 25.2 Å². The first-order valence-electron chi connectivity index (χ1n) is 7.82. The van der Waals surface area contributed by atoms with Crippen LogP contribution in [-0.2, 0) is 17.8 Å². The van der Waals surface area contributed by atoms with Crippen LogP contribution in [0.2, 0.25) is 0 Å². The monoisotopic (exact) mass is 294 g/mol. The van der Waals surface area contributed by atoms with E-state index in [1.165, 1.54) is 16.7 Å². The van der Waals surface area contributed by atoms with E-state index in [0.29, 0.717) is 6.54 Å². The number of rotatable bonds is 2. The molecule has 2 N–H and O–H groups in total. The summed E-state index contributed by atoms with van der Waals surface area (Å²) in [6.07, 6.45) is 2.04. The van der Waals surface area contributed by atoms with Crippen LogP contribution in [0.1, 0.15) is 31.4 Å². The summed E-state index contributed by atoms with van der Waals surface area (Å²) in [7, 11) is 0. The first-order chi connectivity index (χ1) is 10.6. The molecule has 22 heavy (non-hydrogen) atoms. The Morgan fingerprint density at radius 3 is 2.50 bits per heavy atom. The Morgan fingerprint density at radius 1 is 1.18 bits per heavy atom. The zero-order valence-corrected chi connectivity index (χ0v) is 13.2. The molecule has 2 aromatic rings. The van der Waals surface area contributed by atoms with Crippen molar-refractivity contribution in [2.24, 2.45) is 5.73 Å². The number of benzene rings is 2. The van der Waals surface area contributed by atoms with Crippen molar-refractivity contribution in [3.63, 3.8) is 0 Å². The predicted octanol–water partition coefficient (Wildman–Crippen LogP) is 3.50. The standard InChI is InChI=1S/C19H22N2O/c1-13-3-6-18-11-17(9-10-19(18)21(13)14(2)22)16-7-4-15(12-20)5-8-16/h4-5,7-11,13H,3,6,12,20H2,1-2H3. The highest BCUT2D eigenvalue weighted by Crippen LogP contribution is 2.34. The normalized spacial score (nSPS) is 17.2. The second kappa shape index (κ2) is 5.93. The average molecular weight is 294 g/mol. The summed E-state index contributed by atoms with van der Waals surface area (Å²) in [5.74, 6) is 0.119. The molecule has 2 aromatic carbocycles. The molecule has 1 aliphatic rings. The van der Waals surface area contributed by atoms with Gasteiger partial charge in [0.2, 0.25) is 5.91 Å². The number of aryl methyl sites for hydroxylation is 1. The Kier molecular flexibility index (Phi) is 3.99. The summed E-state index contributed by atoms with van der Waals surface area (Å²) in [5.41, 5.74) is 11.5. The van der Waals surface area contributed by atoms with E-state index in [-0.39, 0.29) is 11.9 Å². The van der Waals surface area contributed by atoms with E-state index in [4.69, 9.17) is 5.73 Å². The molecular weight excluding hydrogens is 272 g/mol. The van der Waals surface area contributed by atoms with Gasteiger partial charge in [0.15, 0.2) is 0 Å². The fraction of sp³-hybridized carbons (Fsp3) is 0.316. The first-order valence-corrected chi connectivity index (χ1v) is 7.82.